The molecule has 6 heteroatoms. The number of rotatable bonds is 7. The van der Waals surface area contributed by atoms with Crippen LogP contribution in [0.1, 0.15) is 22.9 Å². The van der Waals surface area contributed by atoms with Gasteiger partial charge in [0, 0.05) is 23.5 Å². The van der Waals surface area contributed by atoms with Crippen LogP contribution in [0.2, 0.25) is 0 Å². The fourth-order valence-corrected chi connectivity index (χ4v) is 4.36. The molecule has 0 saturated carbocycles. The summed E-state index contributed by atoms with van der Waals surface area (Å²) in [4.78, 5) is 30.5. The second kappa shape index (κ2) is 8.63. The lowest BCUT2D eigenvalue weighted by Gasteiger charge is -2.25. The van der Waals surface area contributed by atoms with E-state index in [0.29, 0.717) is 29.9 Å². The summed E-state index contributed by atoms with van der Waals surface area (Å²) in [5.41, 5.74) is 2.14. The van der Waals surface area contributed by atoms with Gasteiger partial charge in [-0.2, -0.15) is 0 Å². The maximum atomic E-state index is 14.2. The third-order valence-electron chi connectivity index (χ3n) is 5.11. The number of hydrogen-bond donors (Lipinski definition) is 0. The summed E-state index contributed by atoms with van der Waals surface area (Å²) in [6.45, 7) is 2.94. The van der Waals surface area contributed by atoms with Crippen LogP contribution >= 0.6 is 11.3 Å². The van der Waals surface area contributed by atoms with E-state index < -0.39 is 5.82 Å². The molecule has 30 heavy (non-hydrogen) atoms. The molecule has 2 aromatic carbocycles. The SMILES string of the molecule is CCN(Cc1ccccc1)C1=C(c2cccs2)C(=O)N(Cc2ccccc2F)C1=O. The second-order valence-corrected chi connectivity index (χ2v) is 7.94. The summed E-state index contributed by atoms with van der Waals surface area (Å²) >= 11 is 1.42. The van der Waals surface area contributed by atoms with Crippen molar-refractivity contribution in [1.82, 2.24) is 9.80 Å². The normalized spacial score (nSPS) is 14.0. The van der Waals surface area contributed by atoms with E-state index in [4.69, 9.17) is 0 Å². The molecule has 4 nitrogen and oxygen atoms in total. The third kappa shape index (κ3) is 3.78. The van der Waals surface area contributed by atoms with Gasteiger partial charge < -0.3 is 4.90 Å². The molecule has 0 fully saturated rings. The van der Waals surface area contributed by atoms with Gasteiger partial charge in [-0.15, -0.1) is 11.3 Å². The number of thiophene rings is 1. The van der Waals surface area contributed by atoms with E-state index >= 15 is 0 Å². The average Bonchev–Trinajstić information content (AvgIpc) is 3.37. The lowest BCUT2D eigenvalue weighted by atomic mass is 10.1. The maximum absolute atomic E-state index is 14.2. The Morgan fingerprint density at radius 3 is 2.33 bits per heavy atom. The van der Waals surface area contributed by atoms with Crippen molar-refractivity contribution in [2.24, 2.45) is 0 Å². The maximum Gasteiger partial charge on any atom is 0.278 e. The molecule has 152 valence electrons. The molecule has 0 unspecified atom stereocenters. The fraction of sp³-hybridized carbons (Fsp3) is 0.167. The molecule has 1 aliphatic heterocycles. The van der Waals surface area contributed by atoms with Crippen LogP contribution in [0.3, 0.4) is 0 Å². The predicted octanol–water partition coefficient (Wildman–Crippen LogP) is 4.69. The Hall–Kier alpha value is -3.25. The summed E-state index contributed by atoms with van der Waals surface area (Å²) in [6.07, 6.45) is 0. The molecule has 1 aromatic heterocycles. The van der Waals surface area contributed by atoms with Crippen LogP contribution in [-0.4, -0.2) is 28.2 Å². The number of carbonyl (C=O) groups excluding carboxylic acids is 2. The summed E-state index contributed by atoms with van der Waals surface area (Å²) in [7, 11) is 0. The summed E-state index contributed by atoms with van der Waals surface area (Å²) in [5.74, 6) is -1.20. The first-order valence-electron chi connectivity index (χ1n) is 9.76. The minimum absolute atomic E-state index is 0.0917. The van der Waals surface area contributed by atoms with Crippen molar-refractivity contribution in [1.29, 1.82) is 0 Å². The predicted molar refractivity (Wildman–Crippen MR) is 116 cm³/mol. The van der Waals surface area contributed by atoms with Gasteiger partial charge in [-0.1, -0.05) is 54.6 Å². The number of amides is 2. The van der Waals surface area contributed by atoms with E-state index in [9.17, 15) is 14.0 Å². The number of nitrogens with zero attached hydrogens (tertiary/aromatic N) is 2. The Bertz CT molecular complexity index is 1090. The van der Waals surface area contributed by atoms with Crippen molar-refractivity contribution < 1.29 is 14.0 Å². The number of carbonyl (C=O) groups is 2. The van der Waals surface area contributed by atoms with Crippen molar-refractivity contribution in [2.45, 2.75) is 20.0 Å². The van der Waals surface area contributed by atoms with Gasteiger partial charge in [0.15, 0.2) is 0 Å². The van der Waals surface area contributed by atoms with Crippen LogP contribution < -0.4 is 0 Å². The number of imide groups is 1. The average molecular weight is 421 g/mol. The van der Waals surface area contributed by atoms with E-state index in [1.54, 1.807) is 18.2 Å². The molecular weight excluding hydrogens is 399 g/mol. The number of hydrogen-bond acceptors (Lipinski definition) is 4. The van der Waals surface area contributed by atoms with Gasteiger partial charge in [0.1, 0.15) is 11.5 Å². The van der Waals surface area contributed by atoms with E-state index in [0.717, 1.165) is 15.3 Å². The smallest absolute Gasteiger partial charge is 0.278 e. The molecule has 2 amide bonds. The zero-order valence-corrected chi connectivity index (χ0v) is 17.4. The van der Waals surface area contributed by atoms with Gasteiger partial charge in [-0.25, -0.2) is 4.39 Å². The first-order valence-corrected chi connectivity index (χ1v) is 10.6. The zero-order chi connectivity index (χ0) is 21.1. The van der Waals surface area contributed by atoms with Crippen molar-refractivity contribution in [3.63, 3.8) is 0 Å². The summed E-state index contributed by atoms with van der Waals surface area (Å²) < 4.78 is 14.2. The van der Waals surface area contributed by atoms with Crippen LogP contribution in [0.5, 0.6) is 0 Å². The Kier molecular flexibility index (Phi) is 5.77. The van der Waals surface area contributed by atoms with Gasteiger partial charge in [0.25, 0.3) is 11.8 Å². The van der Waals surface area contributed by atoms with Crippen LogP contribution in [-0.2, 0) is 22.7 Å². The molecule has 2 heterocycles. The van der Waals surface area contributed by atoms with Gasteiger partial charge in [-0.05, 0) is 30.0 Å². The molecule has 0 aliphatic carbocycles. The van der Waals surface area contributed by atoms with Crippen molar-refractivity contribution in [2.75, 3.05) is 6.54 Å². The molecule has 0 radical (unpaired) electrons. The highest BCUT2D eigenvalue weighted by Crippen LogP contribution is 2.35. The Morgan fingerprint density at radius 2 is 1.67 bits per heavy atom. The fourth-order valence-electron chi connectivity index (χ4n) is 3.59. The van der Waals surface area contributed by atoms with Crippen molar-refractivity contribution >= 4 is 28.7 Å². The standard InChI is InChI=1S/C24H21FN2O2S/c1-2-26(15-17-9-4-3-5-10-17)22-21(20-13-8-14-30-20)23(28)27(24(22)29)16-18-11-6-7-12-19(18)25/h3-14H,2,15-16H2,1H3. The highest BCUT2D eigenvalue weighted by Gasteiger charge is 2.41. The van der Waals surface area contributed by atoms with Gasteiger partial charge in [0.2, 0.25) is 0 Å². The zero-order valence-electron chi connectivity index (χ0n) is 16.5. The van der Waals surface area contributed by atoms with Gasteiger partial charge in [0.05, 0.1) is 12.1 Å². The topological polar surface area (TPSA) is 40.6 Å². The largest absolute Gasteiger partial charge is 0.362 e. The minimum atomic E-state index is -0.430. The molecule has 1 aliphatic rings. The molecule has 0 atom stereocenters. The molecular formula is C24H21FN2O2S. The van der Waals surface area contributed by atoms with Gasteiger partial charge >= 0.3 is 0 Å². The molecule has 3 aromatic rings. The van der Waals surface area contributed by atoms with Crippen LogP contribution in [0.25, 0.3) is 5.57 Å². The molecule has 4 rings (SSSR count). The number of halogens is 1. The quantitative estimate of drug-likeness (QED) is 0.521. The monoisotopic (exact) mass is 420 g/mol. The number of likely N-dealkylation sites (N-methyl/N-ethyl adjacent to an activating group) is 1. The molecule has 0 bridgehead atoms. The van der Waals surface area contributed by atoms with Crippen molar-refractivity contribution in [3.05, 3.63) is 99.6 Å². The first kappa shape index (κ1) is 20.0. The van der Waals surface area contributed by atoms with Crippen LogP contribution in [0.15, 0.2) is 77.8 Å². The Labute approximate surface area is 178 Å². The molecule has 0 saturated heterocycles. The van der Waals surface area contributed by atoms with Gasteiger partial charge in [-0.3, -0.25) is 14.5 Å². The van der Waals surface area contributed by atoms with E-state index in [1.165, 1.54) is 17.4 Å². The molecule has 0 N–H and O–H groups in total. The van der Waals surface area contributed by atoms with Crippen molar-refractivity contribution in [3.8, 4) is 0 Å². The molecule has 0 spiro atoms. The van der Waals surface area contributed by atoms with Crippen LogP contribution in [0, 0.1) is 5.82 Å². The summed E-state index contributed by atoms with van der Waals surface area (Å²) in [5, 5.41) is 1.88. The lowest BCUT2D eigenvalue weighted by molar-refractivity contribution is -0.138. The lowest BCUT2D eigenvalue weighted by Crippen LogP contribution is -2.35. The minimum Gasteiger partial charge on any atom is -0.362 e. The summed E-state index contributed by atoms with van der Waals surface area (Å²) in [6, 6.07) is 19.7. The van der Waals surface area contributed by atoms with E-state index in [1.807, 2.05) is 59.7 Å². The highest BCUT2D eigenvalue weighted by molar-refractivity contribution is 7.11. The third-order valence-corrected chi connectivity index (χ3v) is 6.00. The highest BCUT2D eigenvalue weighted by atomic mass is 32.1. The van der Waals surface area contributed by atoms with E-state index in [2.05, 4.69) is 0 Å². The first-order chi connectivity index (χ1) is 14.6. The second-order valence-electron chi connectivity index (χ2n) is 6.99. The Balaban J connectivity index is 1.73. The Morgan fingerprint density at radius 1 is 0.933 bits per heavy atom. The number of benzene rings is 2. The van der Waals surface area contributed by atoms with E-state index in [-0.39, 0.29) is 18.4 Å². The van der Waals surface area contributed by atoms with Crippen LogP contribution in [0.4, 0.5) is 4.39 Å².